The SMILES string of the molecule is CC1C[Si](C)(C)O[Si](C)(C)C1.C[SiH]1O[Si]2(C)O[Si]3(C)O[Si](C)(O)O[Si]4(C)O[Si](C)(O1)O[Si](C)(O2)O[Si](C)(O3)O4.C[Si](C)(C)C.C[Si]1(C)O[Si](C)(C)O[Si](C)(C)O[Si](C)(C)O1. The van der Waals surface area contributed by atoms with Crippen LogP contribution in [-0.4, -0.2) is 135 Å². The van der Waals surface area contributed by atoms with Crippen LogP contribution in [-0.2, 0) is 65.8 Å². The predicted molar refractivity (Wildman–Crippen MR) is 267 cm³/mol. The summed E-state index contributed by atoms with van der Waals surface area (Å²) in [6, 6.07) is 2.73. The molecule has 0 amide bonds. The molecule has 6 aliphatic rings. The van der Waals surface area contributed by atoms with Gasteiger partial charge in [-0.2, -0.15) is 0 Å². The van der Waals surface area contributed by atoms with E-state index < -0.39 is 130 Å². The molecule has 1 N–H and O–H groups in total. The second-order valence-electron chi connectivity index (χ2n) is 21.9. The molecule has 6 heterocycles. The van der Waals surface area contributed by atoms with Gasteiger partial charge in [0, 0.05) is 53.9 Å². The monoisotopic (exact) mass is 1110 g/mol. The smallest absolute Gasteiger partial charge is 0.455 e. The van der Waals surface area contributed by atoms with Crippen LogP contribution in [0.15, 0.2) is 0 Å². The Hall–Kier alpha value is 2.57. The third-order valence-electron chi connectivity index (χ3n) is 8.30. The van der Waals surface area contributed by atoms with E-state index in [0.717, 1.165) is 5.92 Å². The zero-order chi connectivity index (χ0) is 46.9. The van der Waals surface area contributed by atoms with Gasteiger partial charge < -0.3 is 70.6 Å². The molecule has 0 spiro atoms. The maximum absolute atomic E-state index is 10.9. The fourth-order valence-corrected chi connectivity index (χ4v) is 81.2. The van der Waals surface area contributed by atoms with Gasteiger partial charge in [0.15, 0.2) is 16.6 Å². The molecule has 356 valence electrons. The number of fused-ring (bicyclic) bond motifs is 4. The standard InChI is InChI=1S/C8H26O12Si8.C8H24O4Si4.C8H20OSi2.C4H12Si/c1-21-10-23(3)14-25(5)12-22(2,9)13-26(6)15-24(4,11-21)17-27(7,16-23)20-28(8,18-25)19-26;1-13(2)9-14(3,4)11-16(7,8)12-15(5,6)10-13;1-8-6-10(2,3)9-11(4,5)7-8;1-5(2,3)4/h9,21H,1-8H3;1-8H3;8H,6-7H2,1-5H3;1-4H3. The molecule has 6 aliphatic heterocycles. The fourth-order valence-electron chi connectivity index (χ4n) is 9.11. The van der Waals surface area contributed by atoms with Gasteiger partial charge in [-0.15, -0.1) is 0 Å². The topological polar surface area (TPSA) is 168 Å². The zero-order valence-corrected chi connectivity index (χ0v) is 56.7. The molecule has 0 saturated carbocycles. The highest BCUT2D eigenvalue weighted by Crippen LogP contribution is 2.43. The summed E-state index contributed by atoms with van der Waals surface area (Å²) in [6.07, 6.45) is 0. The van der Waals surface area contributed by atoms with E-state index in [1.54, 1.807) is 39.3 Å². The molecule has 32 heteroatoms. The first-order chi connectivity index (χ1) is 26.1. The summed E-state index contributed by atoms with van der Waals surface area (Å²) in [7, 11) is -38.3. The van der Waals surface area contributed by atoms with Gasteiger partial charge in [-0.25, -0.2) is 0 Å². The maximum atomic E-state index is 10.9. The van der Waals surface area contributed by atoms with Crippen LogP contribution in [0.5, 0.6) is 0 Å². The molecule has 0 aromatic carbocycles. The Morgan fingerprint density at radius 2 is 0.600 bits per heavy atom. The third-order valence-corrected chi connectivity index (χ3v) is 64.7. The van der Waals surface area contributed by atoms with E-state index >= 15 is 0 Å². The van der Waals surface area contributed by atoms with Crippen LogP contribution in [0.4, 0.5) is 0 Å². The van der Waals surface area contributed by atoms with Crippen molar-refractivity contribution in [2.24, 2.45) is 5.92 Å². The van der Waals surface area contributed by atoms with E-state index in [1.165, 1.54) is 18.6 Å². The molecular formula is C28H82O17Si15. The summed E-state index contributed by atoms with van der Waals surface area (Å²) in [5.41, 5.74) is 0. The van der Waals surface area contributed by atoms with E-state index in [4.69, 9.17) is 65.8 Å². The van der Waals surface area contributed by atoms with E-state index in [0.29, 0.717) is 0 Å². The van der Waals surface area contributed by atoms with Crippen LogP contribution in [0.25, 0.3) is 0 Å². The Kier molecular flexibility index (Phi) is 17.5. The zero-order valence-electron chi connectivity index (χ0n) is 41.5. The van der Waals surface area contributed by atoms with Gasteiger partial charge in [-0.3, -0.25) is 0 Å². The van der Waals surface area contributed by atoms with E-state index in [2.05, 4.69) is 112 Å². The Bertz CT molecular complexity index is 1350. The van der Waals surface area contributed by atoms with Crippen molar-refractivity contribution in [2.45, 2.75) is 176 Å². The average molecular weight is 1110 g/mol. The number of hydrogen-bond acceptors (Lipinski definition) is 17. The highest BCUT2D eigenvalue weighted by molar-refractivity contribution is 6.99. The minimum atomic E-state index is -3.77. The first kappa shape index (κ1) is 56.9. The van der Waals surface area contributed by atoms with E-state index in [9.17, 15) is 4.80 Å². The molecular weight excluding hydrogens is 1030 g/mol. The van der Waals surface area contributed by atoms with Gasteiger partial charge in [0.25, 0.3) is 0 Å². The van der Waals surface area contributed by atoms with Crippen LogP contribution in [0.1, 0.15) is 6.92 Å². The molecule has 0 aromatic rings. The molecule has 17 nitrogen and oxygen atoms in total. The van der Waals surface area contributed by atoms with Crippen molar-refractivity contribution in [1.82, 2.24) is 0 Å². The molecule has 0 radical (unpaired) electrons. The normalized spacial score (nSPS) is 44.0. The van der Waals surface area contributed by atoms with E-state index in [1.807, 2.05) is 6.55 Å². The second kappa shape index (κ2) is 18.5. The van der Waals surface area contributed by atoms with Gasteiger partial charge in [0.05, 0.1) is 0 Å². The third kappa shape index (κ3) is 18.9. The van der Waals surface area contributed by atoms with Gasteiger partial charge >= 0.3 is 105 Å². The van der Waals surface area contributed by atoms with Crippen LogP contribution in [0.3, 0.4) is 0 Å². The largest absolute Gasteiger partial charge is 0.480 e. The number of rotatable bonds is 0. The molecule has 6 saturated heterocycles. The Morgan fingerprint density at radius 3 is 0.833 bits per heavy atom. The molecule has 6 rings (SSSR count). The van der Waals surface area contributed by atoms with Crippen LogP contribution >= 0.6 is 0 Å². The summed E-state index contributed by atoms with van der Waals surface area (Å²) >= 11 is 0. The lowest BCUT2D eigenvalue weighted by Crippen LogP contribution is -2.81. The first-order valence-corrected chi connectivity index (χ1v) is 60.2. The first-order valence-electron chi connectivity index (χ1n) is 21.0. The van der Waals surface area contributed by atoms with Crippen LogP contribution in [0.2, 0.25) is 169 Å². The maximum Gasteiger partial charge on any atom is 0.480 e. The molecule has 0 aromatic heterocycles. The summed E-state index contributed by atoms with van der Waals surface area (Å²) in [5.74, 6) is 0.923. The summed E-state index contributed by atoms with van der Waals surface area (Å²) in [6.45, 7) is 51.2. The fraction of sp³-hybridized carbons (Fsp3) is 1.00. The van der Waals surface area contributed by atoms with Crippen LogP contribution in [0, 0.1) is 5.92 Å². The van der Waals surface area contributed by atoms with Crippen molar-refractivity contribution in [2.75, 3.05) is 0 Å². The van der Waals surface area contributed by atoms with Gasteiger partial charge in [0.1, 0.15) is 0 Å². The minimum absolute atomic E-state index is 0.611. The molecule has 4 unspecified atom stereocenters. The summed E-state index contributed by atoms with van der Waals surface area (Å²) < 4.78 is 99.4. The van der Waals surface area contributed by atoms with Crippen molar-refractivity contribution in [3.05, 3.63) is 0 Å². The molecule has 60 heavy (non-hydrogen) atoms. The number of hydrogen-bond donors (Lipinski definition) is 1. The lowest BCUT2D eigenvalue weighted by Gasteiger charge is -2.56. The Labute approximate surface area is 380 Å². The van der Waals surface area contributed by atoms with Gasteiger partial charge in [-0.1, -0.05) is 33.1 Å². The van der Waals surface area contributed by atoms with Crippen LogP contribution < -0.4 is 0 Å². The quantitative estimate of drug-likeness (QED) is 0.232. The van der Waals surface area contributed by atoms with Crippen molar-refractivity contribution < 1.29 is 70.6 Å². The van der Waals surface area contributed by atoms with Crippen molar-refractivity contribution in [3.8, 4) is 0 Å². The van der Waals surface area contributed by atoms with Crippen molar-refractivity contribution >= 4 is 130 Å². The minimum Gasteiger partial charge on any atom is -0.455 e. The average Bonchev–Trinajstić information content (AvgIpc) is 2.75. The molecule has 4 atom stereocenters. The molecule has 6 fully saturated rings. The summed E-state index contributed by atoms with van der Waals surface area (Å²) in [5, 5.41) is 0. The second-order valence-corrected chi connectivity index (χ2v) is 73.6. The highest BCUT2D eigenvalue weighted by atomic mass is 28.6. The van der Waals surface area contributed by atoms with Gasteiger partial charge in [-0.05, 0) is 103 Å². The lowest BCUT2D eigenvalue weighted by atomic mass is 10.3. The summed E-state index contributed by atoms with van der Waals surface area (Å²) in [4.78, 5) is 10.9. The molecule has 6 bridgehead atoms. The highest BCUT2D eigenvalue weighted by Gasteiger charge is 2.73. The molecule has 0 aliphatic carbocycles. The van der Waals surface area contributed by atoms with E-state index in [-0.39, 0.29) is 0 Å². The Morgan fingerprint density at radius 1 is 0.383 bits per heavy atom. The van der Waals surface area contributed by atoms with Crippen molar-refractivity contribution in [3.63, 3.8) is 0 Å². The lowest BCUT2D eigenvalue weighted by molar-refractivity contribution is 0.0137. The predicted octanol–water partition coefficient (Wildman–Crippen LogP) is 7.94. The Balaban J connectivity index is 0.000000253. The van der Waals surface area contributed by atoms with Gasteiger partial charge in [0.2, 0.25) is 0 Å². The van der Waals surface area contributed by atoms with Crippen molar-refractivity contribution in [1.29, 1.82) is 0 Å².